The second-order valence-electron chi connectivity index (χ2n) is 6.77. The van der Waals surface area contributed by atoms with Crippen LogP contribution in [0.2, 0.25) is 0 Å². The molecule has 3 rings (SSSR count). The second kappa shape index (κ2) is 8.27. The van der Waals surface area contributed by atoms with Crippen molar-refractivity contribution >= 4 is 29.9 Å². The van der Waals surface area contributed by atoms with E-state index in [0.29, 0.717) is 18.4 Å². The van der Waals surface area contributed by atoms with Crippen LogP contribution in [0.25, 0.3) is 0 Å². The van der Waals surface area contributed by atoms with Crippen molar-refractivity contribution in [3.63, 3.8) is 0 Å². The molecular weight excluding hydrogens is 417 g/mol. The number of benzene rings is 1. The first-order chi connectivity index (χ1) is 11.1. The van der Waals surface area contributed by atoms with E-state index in [9.17, 15) is 0 Å². The number of guanidine groups is 1. The van der Waals surface area contributed by atoms with Crippen LogP contribution < -0.4 is 15.2 Å². The summed E-state index contributed by atoms with van der Waals surface area (Å²) in [5, 5.41) is 0. The molecule has 1 saturated heterocycles. The molecule has 24 heavy (non-hydrogen) atoms. The summed E-state index contributed by atoms with van der Waals surface area (Å²) < 4.78 is 11.4. The molecule has 0 aliphatic carbocycles. The third kappa shape index (κ3) is 4.26. The van der Waals surface area contributed by atoms with Crippen LogP contribution in [0.3, 0.4) is 0 Å². The maximum Gasteiger partial charge on any atom is 0.191 e. The summed E-state index contributed by atoms with van der Waals surface area (Å²) in [7, 11) is 1.70. The van der Waals surface area contributed by atoms with Crippen LogP contribution in [0.4, 0.5) is 0 Å². The summed E-state index contributed by atoms with van der Waals surface area (Å²) in [5.74, 6) is 3.13. The molecule has 1 aromatic rings. The van der Waals surface area contributed by atoms with Gasteiger partial charge in [-0.1, -0.05) is 6.92 Å². The number of halogens is 1. The predicted molar refractivity (Wildman–Crippen MR) is 108 cm³/mol. The highest BCUT2D eigenvalue weighted by Gasteiger charge is 2.22. The molecule has 2 heterocycles. The molecular formula is C18H28IN3O2. The fourth-order valence-corrected chi connectivity index (χ4v) is 3.46. The zero-order valence-corrected chi connectivity index (χ0v) is 17.1. The highest BCUT2D eigenvalue weighted by molar-refractivity contribution is 14.0. The van der Waals surface area contributed by atoms with Crippen molar-refractivity contribution in [3.8, 4) is 11.5 Å². The van der Waals surface area contributed by atoms with Crippen LogP contribution in [0.15, 0.2) is 17.1 Å². The average Bonchev–Trinajstić information content (AvgIpc) is 2.90. The summed E-state index contributed by atoms with van der Waals surface area (Å²) >= 11 is 0. The summed E-state index contributed by atoms with van der Waals surface area (Å²) in [6.45, 7) is 6.87. The van der Waals surface area contributed by atoms with Gasteiger partial charge < -0.3 is 20.1 Å². The van der Waals surface area contributed by atoms with E-state index in [-0.39, 0.29) is 30.1 Å². The molecule has 2 N–H and O–H groups in total. The standard InChI is InChI=1S/C18H27N3O2.HI/c1-12-5-4-6-21(11-12)18(19)20-10-15-9-17-14(7-13(2)23-17)8-16(15)22-3;/h8-9,12-13H,4-7,10-11H2,1-3H3,(H2,19,20);1H. The lowest BCUT2D eigenvalue weighted by Crippen LogP contribution is -2.43. The Bertz CT molecular complexity index is 606. The van der Waals surface area contributed by atoms with E-state index in [4.69, 9.17) is 15.2 Å². The molecule has 2 unspecified atom stereocenters. The molecule has 0 radical (unpaired) electrons. The highest BCUT2D eigenvalue weighted by atomic mass is 127. The van der Waals surface area contributed by atoms with Gasteiger partial charge in [-0.15, -0.1) is 24.0 Å². The maximum absolute atomic E-state index is 6.19. The molecule has 5 nitrogen and oxygen atoms in total. The Morgan fingerprint density at radius 2 is 2.21 bits per heavy atom. The third-order valence-corrected chi connectivity index (χ3v) is 4.69. The number of ether oxygens (including phenoxy) is 2. The molecule has 0 spiro atoms. The van der Waals surface area contributed by atoms with Gasteiger partial charge in [-0.05, 0) is 37.8 Å². The number of fused-ring (bicyclic) bond motifs is 1. The average molecular weight is 445 g/mol. The minimum absolute atomic E-state index is 0. The van der Waals surface area contributed by atoms with Gasteiger partial charge in [0.05, 0.1) is 13.7 Å². The van der Waals surface area contributed by atoms with E-state index >= 15 is 0 Å². The minimum atomic E-state index is 0. The number of nitrogens with two attached hydrogens (primary N) is 1. The molecule has 1 aromatic carbocycles. The Morgan fingerprint density at radius 3 is 2.92 bits per heavy atom. The van der Waals surface area contributed by atoms with E-state index in [0.717, 1.165) is 36.6 Å². The molecule has 2 aliphatic heterocycles. The molecule has 0 saturated carbocycles. The van der Waals surface area contributed by atoms with E-state index in [2.05, 4.69) is 29.8 Å². The van der Waals surface area contributed by atoms with Crippen LogP contribution >= 0.6 is 24.0 Å². The van der Waals surface area contributed by atoms with E-state index < -0.39 is 0 Å². The van der Waals surface area contributed by atoms with Crippen LogP contribution in [-0.4, -0.2) is 37.2 Å². The molecule has 0 amide bonds. The van der Waals surface area contributed by atoms with Gasteiger partial charge in [-0.3, -0.25) is 0 Å². The van der Waals surface area contributed by atoms with E-state index in [1.54, 1.807) is 7.11 Å². The van der Waals surface area contributed by atoms with Crippen LogP contribution in [0.1, 0.15) is 37.8 Å². The van der Waals surface area contributed by atoms with Crippen molar-refractivity contribution in [2.45, 2.75) is 45.8 Å². The number of hydrogen-bond acceptors (Lipinski definition) is 3. The fraction of sp³-hybridized carbons (Fsp3) is 0.611. The van der Waals surface area contributed by atoms with Gasteiger partial charge in [0.25, 0.3) is 0 Å². The number of likely N-dealkylation sites (tertiary alicyclic amines) is 1. The van der Waals surface area contributed by atoms with Crippen LogP contribution in [-0.2, 0) is 13.0 Å². The molecule has 2 atom stereocenters. The van der Waals surface area contributed by atoms with Gasteiger partial charge in [0.15, 0.2) is 5.96 Å². The van der Waals surface area contributed by atoms with Gasteiger partial charge >= 0.3 is 0 Å². The Morgan fingerprint density at radius 1 is 1.42 bits per heavy atom. The van der Waals surface area contributed by atoms with Gasteiger partial charge in [0.2, 0.25) is 0 Å². The smallest absolute Gasteiger partial charge is 0.191 e. The first kappa shape index (κ1) is 19.1. The van der Waals surface area contributed by atoms with Crippen molar-refractivity contribution in [1.29, 1.82) is 0 Å². The molecule has 0 aromatic heterocycles. The largest absolute Gasteiger partial charge is 0.496 e. The Hall–Kier alpha value is -1.18. The highest BCUT2D eigenvalue weighted by Crippen LogP contribution is 2.35. The maximum atomic E-state index is 6.19. The van der Waals surface area contributed by atoms with Gasteiger partial charge in [0, 0.05) is 30.6 Å². The number of methoxy groups -OCH3 is 1. The molecule has 134 valence electrons. The first-order valence-electron chi connectivity index (χ1n) is 8.48. The quantitative estimate of drug-likeness (QED) is 0.441. The van der Waals surface area contributed by atoms with Gasteiger partial charge in [-0.2, -0.15) is 0 Å². The monoisotopic (exact) mass is 445 g/mol. The lowest BCUT2D eigenvalue weighted by atomic mass is 10.0. The zero-order chi connectivity index (χ0) is 16.4. The summed E-state index contributed by atoms with van der Waals surface area (Å²) in [4.78, 5) is 6.78. The Kier molecular flexibility index (Phi) is 6.60. The SMILES string of the molecule is COc1cc2c(cc1CN=C(N)N1CCCC(C)C1)OC(C)C2.I. The van der Waals surface area contributed by atoms with E-state index in [1.807, 2.05) is 6.07 Å². The zero-order valence-electron chi connectivity index (χ0n) is 14.7. The summed E-state index contributed by atoms with van der Waals surface area (Å²) in [5.41, 5.74) is 8.42. The number of aliphatic imine (C=N–C) groups is 1. The van der Waals surface area contributed by atoms with E-state index in [1.165, 1.54) is 18.4 Å². The van der Waals surface area contributed by atoms with Crippen molar-refractivity contribution in [2.24, 2.45) is 16.6 Å². The molecule has 0 bridgehead atoms. The van der Waals surface area contributed by atoms with Crippen LogP contribution in [0, 0.1) is 5.92 Å². The number of hydrogen-bond donors (Lipinski definition) is 1. The van der Waals surface area contributed by atoms with Crippen molar-refractivity contribution in [2.75, 3.05) is 20.2 Å². The third-order valence-electron chi connectivity index (χ3n) is 4.69. The minimum Gasteiger partial charge on any atom is -0.496 e. The summed E-state index contributed by atoms with van der Waals surface area (Å²) in [6, 6.07) is 4.12. The number of piperidine rings is 1. The van der Waals surface area contributed by atoms with Gasteiger partial charge in [0.1, 0.15) is 17.6 Å². The fourth-order valence-electron chi connectivity index (χ4n) is 3.46. The molecule has 2 aliphatic rings. The summed E-state index contributed by atoms with van der Waals surface area (Å²) in [6.07, 6.45) is 3.63. The van der Waals surface area contributed by atoms with Crippen molar-refractivity contribution in [1.82, 2.24) is 4.90 Å². The lowest BCUT2D eigenvalue weighted by molar-refractivity contribution is 0.254. The number of rotatable bonds is 3. The van der Waals surface area contributed by atoms with Crippen LogP contribution in [0.5, 0.6) is 11.5 Å². The first-order valence-corrected chi connectivity index (χ1v) is 8.48. The molecule has 6 heteroatoms. The molecule has 1 fully saturated rings. The van der Waals surface area contributed by atoms with Crippen molar-refractivity contribution in [3.05, 3.63) is 23.3 Å². The second-order valence-corrected chi connectivity index (χ2v) is 6.77. The normalized spacial score (nSPS) is 23.3. The predicted octanol–water partition coefficient (Wildman–Crippen LogP) is 3.18. The Labute approximate surface area is 161 Å². The lowest BCUT2D eigenvalue weighted by Gasteiger charge is -2.31. The Balaban J connectivity index is 0.00000208. The van der Waals surface area contributed by atoms with Gasteiger partial charge in [-0.25, -0.2) is 4.99 Å². The van der Waals surface area contributed by atoms with Crippen molar-refractivity contribution < 1.29 is 9.47 Å². The number of nitrogens with zero attached hydrogens (tertiary/aromatic N) is 2. The topological polar surface area (TPSA) is 60.1 Å².